The second-order valence-corrected chi connectivity index (χ2v) is 6.63. The molecule has 29 heavy (non-hydrogen) atoms. The van der Waals surface area contributed by atoms with Gasteiger partial charge in [-0.15, -0.1) is 10.2 Å². The fourth-order valence-corrected chi connectivity index (χ4v) is 3.07. The van der Waals surface area contributed by atoms with Crippen LogP contribution < -0.4 is 19.5 Å². The number of carbonyl (C=O) groups excluding carboxylic acids is 1. The third-order valence-corrected chi connectivity index (χ3v) is 4.72. The first-order chi connectivity index (χ1) is 14.1. The van der Waals surface area contributed by atoms with E-state index in [1.165, 1.54) is 0 Å². The minimum Gasteiger partial charge on any atom is -0.496 e. The largest absolute Gasteiger partial charge is 0.496 e. The van der Waals surface area contributed by atoms with Gasteiger partial charge in [0, 0.05) is 30.6 Å². The summed E-state index contributed by atoms with van der Waals surface area (Å²) in [5.41, 5.74) is 1.48. The molecule has 2 aromatic heterocycles. The minimum atomic E-state index is -0.187. The molecule has 152 valence electrons. The van der Waals surface area contributed by atoms with Crippen LogP contribution in [0.1, 0.15) is 5.56 Å². The Bertz CT molecular complexity index is 964. The number of amides is 1. The molecule has 0 fully saturated rings. The smallest absolute Gasteiger partial charge is 0.277 e. The van der Waals surface area contributed by atoms with E-state index >= 15 is 0 Å². The predicted octanol–water partition coefficient (Wildman–Crippen LogP) is 2.57. The van der Waals surface area contributed by atoms with Gasteiger partial charge in [-0.25, -0.2) is 0 Å². The number of rotatable bonds is 9. The number of methoxy groups -OCH3 is 3. The average Bonchev–Trinajstić information content (AvgIpc) is 3.25. The second-order valence-electron chi connectivity index (χ2n) is 5.70. The Morgan fingerprint density at radius 3 is 2.55 bits per heavy atom. The van der Waals surface area contributed by atoms with Crippen LogP contribution >= 0.6 is 11.8 Å². The molecule has 0 saturated heterocycles. The van der Waals surface area contributed by atoms with Crippen LogP contribution in [0.2, 0.25) is 0 Å². The van der Waals surface area contributed by atoms with Crippen molar-refractivity contribution in [2.24, 2.45) is 0 Å². The van der Waals surface area contributed by atoms with E-state index in [1.54, 1.807) is 51.9 Å². The number of ether oxygens (including phenoxy) is 3. The zero-order valence-electron chi connectivity index (χ0n) is 16.2. The van der Waals surface area contributed by atoms with Crippen molar-refractivity contribution in [2.75, 3.05) is 27.1 Å². The van der Waals surface area contributed by atoms with Crippen LogP contribution in [-0.2, 0) is 11.3 Å². The van der Waals surface area contributed by atoms with Gasteiger partial charge in [0.2, 0.25) is 11.8 Å². The Kier molecular flexibility index (Phi) is 6.90. The van der Waals surface area contributed by atoms with E-state index in [9.17, 15) is 4.79 Å². The second kappa shape index (κ2) is 9.78. The Labute approximate surface area is 171 Å². The maximum Gasteiger partial charge on any atom is 0.277 e. The quantitative estimate of drug-likeness (QED) is 0.526. The summed E-state index contributed by atoms with van der Waals surface area (Å²) < 4.78 is 21.5. The zero-order chi connectivity index (χ0) is 20.6. The van der Waals surface area contributed by atoms with E-state index in [0.29, 0.717) is 28.4 Å². The molecule has 0 atom stereocenters. The topological polar surface area (TPSA) is 109 Å². The molecule has 0 spiro atoms. The number of nitrogens with zero attached hydrogens (tertiary/aromatic N) is 3. The van der Waals surface area contributed by atoms with Gasteiger partial charge >= 0.3 is 0 Å². The number of nitrogens with one attached hydrogen (secondary N) is 1. The lowest BCUT2D eigenvalue weighted by molar-refractivity contribution is -0.118. The first kappa shape index (κ1) is 20.5. The summed E-state index contributed by atoms with van der Waals surface area (Å²) in [6.45, 7) is 0.272. The molecule has 0 aliphatic heterocycles. The van der Waals surface area contributed by atoms with Crippen molar-refractivity contribution in [1.82, 2.24) is 20.5 Å². The van der Waals surface area contributed by atoms with E-state index < -0.39 is 0 Å². The highest BCUT2D eigenvalue weighted by molar-refractivity contribution is 7.99. The van der Waals surface area contributed by atoms with E-state index in [4.69, 9.17) is 18.6 Å². The summed E-state index contributed by atoms with van der Waals surface area (Å²) in [6.07, 6.45) is 3.29. The van der Waals surface area contributed by atoms with Crippen LogP contribution in [0.4, 0.5) is 0 Å². The van der Waals surface area contributed by atoms with Gasteiger partial charge in [-0.2, -0.15) is 0 Å². The van der Waals surface area contributed by atoms with E-state index in [2.05, 4.69) is 20.5 Å². The highest BCUT2D eigenvalue weighted by Gasteiger charge is 2.14. The maximum absolute atomic E-state index is 12.2. The number of aromatic nitrogens is 3. The fourth-order valence-electron chi connectivity index (χ4n) is 2.48. The van der Waals surface area contributed by atoms with E-state index in [0.717, 1.165) is 22.9 Å². The van der Waals surface area contributed by atoms with Crippen LogP contribution in [0.5, 0.6) is 17.2 Å². The highest BCUT2D eigenvalue weighted by atomic mass is 32.2. The Hall–Kier alpha value is -3.27. The molecule has 0 radical (unpaired) electrons. The molecule has 0 aliphatic rings. The summed E-state index contributed by atoms with van der Waals surface area (Å²) in [6, 6.07) is 7.08. The molecule has 1 amide bonds. The summed E-state index contributed by atoms with van der Waals surface area (Å²) >= 11 is 1.15. The van der Waals surface area contributed by atoms with E-state index in [-0.39, 0.29) is 18.2 Å². The summed E-state index contributed by atoms with van der Waals surface area (Å²) in [5.74, 6) is 2.00. The van der Waals surface area contributed by atoms with Crippen molar-refractivity contribution < 1.29 is 23.4 Å². The number of benzene rings is 1. The van der Waals surface area contributed by atoms with Crippen LogP contribution in [0.15, 0.2) is 46.3 Å². The van der Waals surface area contributed by atoms with Crippen LogP contribution in [0.25, 0.3) is 11.5 Å². The summed E-state index contributed by atoms with van der Waals surface area (Å²) in [7, 11) is 4.65. The summed E-state index contributed by atoms with van der Waals surface area (Å²) in [5, 5.41) is 11.0. The van der Waals surface area contributed by atoms with Gasteiger partial charge in [0.1, 0.15) is 5.75 Å². The minimum absolute atomic E-state index is 0.129. The Morgan fingerprint density at radius 1 is 1.10 bits per heavy atom. The first-order valence-electron chi connectivity index (χ1n) is 8.57. The van der Waals surface area contributed by atoms with Gasteiger partial charge in [-0.1, -0.05) is 11.8 Å². The molecule has 9 nitrogen and oxygen atoms in total. The van der Waals surface area contributed by atoms with Crippen molar-refractivity contribution >= 4 is 17.7 Å². The molecule has 1 aromatic carbocycles. The molecule has 0 saturated carbocycles. The first-order valence-corrected chi connectivity index (χ1v) is 9.55. The zero-order valence-corrected chi connectivity index (χ0v) is 17.0. The van der Waals surface area contributed by atoms with Crippen molar-refractivity contribution in [3.63, 3.8) is 0 Å². The van der Waals surface area contributed by atoms with Gasteiger partial charge in [-0.05, 0) is 18.2 Å². The number of hydrogen-bond donors (Lipinski definition) is 1. The molecule has 2 heterocycles. The van der Waals surface area contributed by atoms with Crippen molar-refractivity contribution in [3.05, 3.63) is 42.2 Å². The van der Waals surface area contributed by atoms with Crippen LogP contribution in [0.3, 0.4) is 0 Å². The van der Waals surface area contributed by atoms with Gasteiger partial charge in [0.15, 0.2) is 11.5 Å². The normalized spacial score (nSPS) is 10.4. The number of pyridine rings is 1. The standard InChI is InChI=1S/C19H20N4O5S/c1-25-14-8-16(27-3)15(26-2)7-13(14)10-21-17(24)11-29-19-23-22-18(28-19)12-5-4-6-20-9-12/h4-9H,10-11H2,1-3H3,(H,21,24). The molecule has 3 rings (SSSR count). The summed E-state index contributed by atoms with van der Waals surface area (Å²) in [4.78, 5) is 16.2. The van der Waals surface area contributed by atoms with Gasteiger partial charge in [-0.3, -0.25) is 9.78 Å². The third kappa shape index (κ3) is 5.17. The highest BCUT2D eigenvalue weighted by Crippen LogP contribution is 2.34. The van der Waals surface area contributed by atoms with E-state index in [1.807, 2.05) is 6.07 Å². The lowest BCUT2D eigenvalue weighted by atomic mass is 10.1. The Balaban J connectivity index is 1.56. The fraction of sp³-hybridized carbons (Fsp3) is 0.263. The van der Waals surface area contributed by atoms with Crippen LogP contribution in [-0.4, -0.2) is 48.2 Å². The van der Waals surface area contributed by atoms with Gasteiger partial charge in [0.05, 0.1) is 32.6 Å². The Morgan fingerprint density at radius 2 is 1.86 bits per heavy atom. The SMILES string of the molecule is COc1cc(OC)c(OC)cc1CNC(=O)CSc1nnc(-c2cccnc2)o1. The van der Waals surface area contributed by atoms with Crippen molar-refractivity contribution in [1.29, 1.82) is 0 Å². The molecule has 1 N–H and O–H groups in total. The molecule has 10 heteroatoms. The average molecular weight is 416 g/mol. The lowest BCUT2D eigenvalue weighted by Crippen LogP contribution is -2.24. The number of thioether (sulfide) groups is 1. The van der Waals surface area contributed by atoms with Gasteiger partial charge < -0.3 is 23.9 Å². The molecular formula is C19H20N4O5S. The third-order valence-electron chi connectivity index (χ3n) is 3.90. The maximum atomic E-state index is 12.2. The predicted molar refractivity (Wildman–Crippen MR) is 106 cm³/mol. The lowest BCUT2D eigenvalue weighted by Gasteiger charge is -2.14. The van der Waals surface area contributed by atoms with Crippen LogP contribution in [0, 0.1) is 0 Å². The van der Waals surface area contributed by atoms with Gasteiger partial charge in [0.25, 0.3) is 5.22 Å². The number of hydrogen-bond acceptors (Lipinski definition) is 9. The monoisotopic (exact) mass is 416 g/mol. The molecule has 0 unspecified atom stereocenters. The molecule has 0 aliphatic carbocycles. The molecular weight excluding hydrogens is 396 g/mol. The van der Waals surface area contributed by atoms with Crippen molar-refractivity contribution in [3.8, 4) is 28.7 Å². The molecule has 3 aromatic rings. The number of carbonyl (C=O) groups is 1. The molecule has 0 bridgehead atoms. The van der Waals surface area contributed by atoms with Crippen molar-refractivity contribution in [2.45, 2.75) is 11.8 Å².